The van der Waals surface area contributed by atoms with Crippen LogP contribution in [-0.4, -0.2) is 26.9 Å². The molecule has 138 valence electrons. The molecule has 0 spiro atoms. The number of benzene rings is 2. The first-order valence-corrected chi connectivity index (χ1v) is 10.1. The summed E-state index contributed by atoms with van der Waals surface area (Å²) in [5.74, 6) is -0.148. The molecule has 1 heterocycles. The molecule has 0 radical (unpaired) electrons. The summed E-state index contributed by atoms with van der Waals surface area (Å²) in [5, 5.41) is 8.71. The number of halogens is 1. The number of hydrogen-bond donors (Lipinski definition) is 2. The Morgan fingerprint density at radius 2 is 2.04 bits per heavy atom. The van der Waals surface area contributed by atoms with Crippen molar-refractivity contribution >= 4 is 38.9 Å². The van der Waals surface area contributed by atoms with Crippen LogP contribution in [0.25, 0.3) is 0 Å². The van der Waals surface area contributed by atoms with Gasteiger partial charge < -0.3 is 10.2 Å². The lowest BCUT2D eigenvalue weighted by Crippen LogP contribution is -2.37. The lowest BCUT2D eigenvalue weighted by atomic mass is 10.1. The molecular formula is C18H20ClN3O3S. The number of rotatable bonds is 4. The summed E-state index contributed by atoms with van der Waals surface area (Å²) in [6.45, 7) is 4.05. The minimum atomic E-state index is -3.74. The molecule has 0 bridgehead atoms. The molecule has 0 saturated carbocycles. The van der Waals surface area contributed by atoms with Gasteiger partial charge in [-0.2, -0.15) is 0 Å². The molecule has 3 rings (SSSR count). The number of carbonyl (C=O) groups is 1. The lowest BCUT2D eigenvalue weighted by Gasteiger charge is -2.24. The maximum Gasteiger partial charge on any atom is 0.243 e. The highest BCUT2D eigenvalue weighted by atomic mass is 35.5. The molecule has 2 aromatic rings. The SMILES string of the molecule is Cc1cc(Cl)ccc1NC(=O)CN1c2ccc(S(N)(=O)=O)cc2CC1C. The van der Waals surface area contributed by atoms with E-state index in [2.05, 4.69) is 5.32 Å². The van der Waals surface area contributed by atoms with Gasteiger partial charge in [-0.25, -0.2) is 13.6 Å². The predicted molar refractivity (Wildman–Crippen MR) is 103 cm³/mol. The third-order valence-electron chi connectivity index (χ3n) is 4.51. The van der Waals surface area contributed by atoms with Crippen LogP contribution in [0.4, 0.5) is 11.4 Å². The molecule has 2 aromatic carbocycles. The predicted octanol–water partition coefficient (Wildman–Crippen LogP) is 2.69. The smallest absolute Gasteiger partial charge is 0.243 e. The normalized spacial score (nSPS) is 16.5. The lowest BCUT2D eigenvalue weighted by molar-refractivity contribution is -0.115. The summed E-state index contributed by atoms with van der Waals surface area (Å²) in [7, 11) is -3.74. The summed E-state index contributed by atoms with van der Waals surface area (Å²) >= 11 is 5.94. The molecule has 1 atom stereocenters. The van der Waals surface area contributed by atoms with Gasteiger partial charge in [-0.1, -0.05) is 11.6 Å². The van der Waals surface area contributed by atoms with E-state index in [0.29, 0.717) is 11.4 Å². The standard InChI is InChI=1S/C18H20ClN3O3S/c1-11-7-14(19)3-5-16(11)21-18(23)10-22-12(2)8-13-9-15(26(20,24)25)4-6-17(13)22/h3-7,9,12H,8,10H2,1-2H3,(H,21,23)(H2,20,24,25). The first kappa shape index (κ1) is 18.7. The summed E-state index contributed by atoms with van der Waals surface area (Å²) in [6, 6.07) is 10.1. The molecule has 0 aromatic heterocycles. The molecule has 1 aliphatic rings. The van der Waals surface area contributed by atoms with E-state index in [1.54, 1.807) is 30.3 Å². The number of anilines is 2. The zero-order chi connectivity index (χ0) is 19.1. The van der Waals surface area contributed by atoms with Crippen LogP contribution in [0.1, 0.15) is 18.1 Å². The Bertz CT molecular complexity index is 976. The molecule has 1 amide bonds. The monoisotopic (exact) mass is 393 g/mol. The van der Waals surface area contributed by atoms with Crippen molar-refractivity contribution in [3.8, 4) is 0 Å². The van der Waals surface area contributed by atoms with Crippen LogP contribution in [0.2, 0.25) is 5.02 Å². The molecular weight excluding hydrogens is 374 g/mol. The van der Waals surface area contributed by atoms with E-state index in [1.807, 2.05) is 18.7 Å². The fraction of sp³-hybridized carbons (Fsp3) is 0.278. The van der Waals surface area contributed by atoms with Gasteiger partial charge in [-0.15, -0.1) is 0 Å². The van der Waals surface area contributed by atoms with Crippen LogP contribution in [0.15, 0.2) is 41.3 Å². The molecule has 8 heteroatoms. The van der Waals surface area contributed by atoms with E-state index in [0.717, 1.165) is 22.5 Å². The number of hydrogen-bond acceptors (Lipinski definition) is 4. The Morgan fingerprint density at radius 1 is 1.31 bits per heavy atom. The zero-order valence-electron chi connectivity index (χ0n) is 14.5. The summed E-state index contributed by atoms with van der Waals surface area (Å²) in [5.41, 5.74) is 3.34. The van der Waals surface area contributed by atoms with E-state index >= 15 is 0 Å². The van der Waals surface area contributed by atoms with Gasteiger partial charge in [0, 0.05) is 22.4 Å². The first-order chi connectivity index (χ1) is 12.1. The van der Waals surface area contributed by atoms with Crippen molar-refractivity contribution in [1.29, 1.82) is 0 Å². The van der Waals surface area contributed by atoms with Gasteiger partial charge in [0.2, 0.25) is 15.9 Å². The van der Waals surface area contributed by atoms with Crippen molar-refractivity contribution in [2.75, 3.05) is 16.8 Å². The average Bonchev–Trinajstić information content (AvgIpc) is 2.84. The van der Waals surface area contributed by atoms with Crippen LogP contribution in [0.5, 0.6) is 0 Å². The second-order valence-electron chi connectivity index (χ2n) is 6.52. The van der Waals surface area contributed by atoms with Crippen molar-refractivity contribution in [2.45, 2.75) is 31.2 Å². The average molecular weight is 394 g/mol. The van der Waals surface area contributed by atoms with Crippen molar-refractivity contribution in [3.05, 3.63) is 52.5 Å². The van der Waals surface area contributed by atoms with Crippen LogP contribution >= 0.6 is 11.6 Å². The van der Waals surface area contributed by atoms with Gasteiger partial charge in [-0.05, 0) is 67.8 Å². The molecule has 6 nitrogen and oxygen atoms in total. The first-order valence-electron chi connectivity index (χ1n) is 8.13. The quantitative estimate of drug-likeness (QED) is 0.835. The largest absolute Gasteiger partial charge is 0.359 e. The van der Waals surface area contributed by atoms with E-state index in [9.17, 15) is 13.2 Å². The Balaban J connectivity index is 1.78. The van der Waals surface area contributed by atoms with Gasteiger partial charge in [0.1, 0.15) is 0 Å². The summed E-state index contributed by atoms with van der Waals surface area (Å²) < 4.78 is 23.0. The highest BCUT2D eigenvalue weighted by Crippen LogP contribution is 2.33. The number of nitrogens with zero attached hydrogens (tertiary/aromatic N) is 1. The number of fused-ring (bicyclic) bond motifs is 1. The fourth-order valence-corrected chi connectivity index (χ4v) is 3.99. The van der Waals surface area contributed by atoms with Gasteiger partial charge in [0.15, 0.2) is 0 Å². The van der Waals surface area contributed by atoms with E-state index in [-0.39, 0.29) is 23.4 Å². The maximum absolute atomic E-state index is 12.5. The molecule has 3 N–H and O–H groups in total. The van der Waals surface area contributed by atoms with Crippen LogP contribution < -0.4 is 15.4 Å². The Hall–Kier alpha value is -2.09. The maximum atomic E-state index is 12.5. The number of primary sulfonamides is 1. The summed E-state index contributed by atoms with van der Waals surface area (Å²) in [6.07, 6.45) is 0.659. The number of amides is 1. The highest BCUT2D eigenvalue weighted by Gasteiger charge is 2.28. The molecule has 0 saturated heterocycles. The molecule has 1 aliphatic heterocycles. The third-order valence-corrected chi connectivity index (χ3v) is 5.66. The van der Waals surface area contributed by atoms with Gasteiger partial charge in [0.25, 0.3) is 0 Å². The van der Waals surface area contributed by atoms with Crippen LogP contribution in [-0.2, 0) is 21.2 Å². The van der Waals surface area contributed by atoms with Gasteiger partial charge in [0.05, 0.1) is 11.4 Å². The Morgan fingerprint density at radius 3 is 2.69 bits per heavy atom. The molecule has 0 fully saturated rings. The van der Waals surface area contributed by atoms with E-state index in [4.69, 9.17) is 16.7 Å². The van der Waals surface area contributed by atoms with Gasteiger partial charge >= 0.3 is 0 Å². The Labute approximate surface area is 158 Å². The van der Waals surface area contributed by atoms with E-state index in [1.165, 1.54) is 6.07 Å². The minimum absolute atomic E-state index is 0.0813. The number of nitrogens with two attached hydrogens (primary N) is 1. The molecule has 26 heavy (non-hydrogen) atoms. The second-order valence-corrected chi connectivity index (χ2v) is 8.52. The van der Waals surface area contributed by atoms with Gasteiger partial charge in [-0.3, -0.25) is 4.79 Å². The van der Waals surface area contributed by atoms with Crippen LogP contribution in [0, 0.1) is 6.92 Å². The fourth-order valence-electron chi connectivity index (χ4n) is 3.20. The van der Waals surface area contributed by atoms with Crippen molar-refractivity contribution < 1.29 is 13.2 Å². The number of aryl methyl sites for hydroxylation is 1. The molecule has 0 aliphatic carbocycles. The molecule has 1 unspecified atom stereocenters. The van der Waals surface area contributed by atoms with Crippen molar-refractivity contribution in [2.24, 2.45) is 5.14 Å². The second kappa shape index (κ2) is 6.90. The summed E-state index contributed by atoms with van der Waals surface area (Å²) in [4.78, 5) is 14.5. The van der Waals surface area contributed by atoms with E-state index < -0.39 is 10.0 Å². The minimum Gasteiger partial charge on any atom is -0.359 e. The number of nitrogens with one attached hydrogen (secondary N) is 1. The highest BCUT2D eigenvalue weighted by molar-refractivity contribution is 7.89. The third kappa shape index (κ3) is 3.85. The van der Waals surface area contributed by atoms with Crippen molar-refractivity contribution in [3.63, 3.8) is 0 Å². The zero-order valence-corrected chi connectivity index (χ0v) is 16.1. The van der Waals surface area contributed by atoms with Crippen LogP contribution in [0.3, 0.4) is 0 Å². The number of sulfonamides is 1. The van der Waals surface area contributed by atoms with Crippen molar-refractivity contribution in [1.82, 2.24) is 0 Å². The topological polar surface area (TPSA) is 92.5 Å². The Kier molecular flexibility index (Phi) is 4.96. The number of carbonyl (C=O) groups excluding carboxylic acids is 1.